The van der Waals surface area contributed by atoms with Crippen LogP contribution in [-0.2, 0) is 9.47 Å². The lowest BCUT2D eigenvalue weighted by atomic mass is 10.0. The van der Waals surface area contributed by atoms with Crippen LogP contribution in [0, 0.1) is 0 Å². The summed E-state index contributed by atoms with van der Waals surface area (Å²) in [7, 11) is 0. The molecule has 6 nitrogen and oxygen atoms in total. The summed E-state index contributed by atoms with van der Waals surface area (Å²) in [5.41, 5.74) is -0.991. The third-order valence-electron chi connectivity index (χ3n) is 3.14. The number of carbonyl (C=O) groups is 2. The minimum Gasteiger partial charge on any atom is -0.478 e. The van der Waals surface area contributed by atoms with Gasteiger partial charge in [-0.05, 0) is 52.3 Å². The van der Waals surface area contributed by atoms with Gasteiger partial charge in [0.2, 0.25) is 0 Å². The van der Waals surface area contributed by atoms with Crippen LogP contribution in [0.4, 0.5) is 9.18 Å². The number of benzene rings is 1. The molecule has 0 heterocycles. The molecule has 140 valence electrons. The van der Waals surface area contributed by atoms with Crippen LogP contribution in [0.2, 0.25) is 0 Å². The maximum Gasteiger partial charge on any atom is 0.409 e. The van der Waals surface area contributed by atoms with Crippen molar-refractivity contribution in [2.45, 2.75) is 58.5 Å². The van der Waals surface area contributed by atoms with Crippen LogP contribution in [0.5, 0.6) is 0 Å². The van der Waals surface area contributed by atoms with Crippen LogP contribution in [0.3, 0.4) is 0 Å². The number of carboxylic acid groups (broad SMARTS) is 1. The van der Waals surface area contributed by atoms with Crippen molar-refractivity contribution in [1.29, 1.82) is 0 Å². The van der Waals surface area contributed by atoms with E-state index >= 15 is 0 Å². The van der Waals surface area contributed by atoms with Gasteiger partial charge in [-0.15, -0.1) is 0 Å². The molecule has 0 spiro atoms. The second kappa shape index (κ2) is 8.29. The van der Waals surface area contributed by atoms with Gasteiger partial charge in [0.25, 0.3) is 0 Å². The second-order valence-electron chi connectivity index (χ2n) is 7.15. The SMILES string of the molecule is CC(C)(C)OC(=O)NC(C)(C)OC(CCF)c1ccc(C(=O)O)cc1. The Morgan fingerprint density at radius 1 is 1.16 bits per heavy atom. The van der Waals surface area contributed by atoms with Crippen molar-refractivity contribution in [3.8, 4) is 0 Å². The van der Waals surface area contributed by atoms with Gasteiger partial charge in [-0.3, -0.25) is 9.71 Å². The summed E-state index contributed by atoms with van der Waals surface area (Å²) in [4.78, 5) is 22.8. The molecule has 1 aromatic carbocycles. The number of ether oxygens (including phenoxy) is 2. The first-order valence-corrected chi connectivity index (χ1v) is 8.02. The van der Waals surface area contributed by atoms with E-state index in [0.29, 0.717) is 5.56 Å². The molecule has 0 bridgehead atoms. The van der Waals surface area contributed by atoms with Crippen molar-refractivity contribution in [3.05, 3.63) is 35.4 Å². The van der Waals surface area contributed by atoms with E-state index in [4.69, 9.17) is 14.6 Å². The number of amides is 1. The Morgan fingerprint density at radius 3 is 2.16 bits per heavy atom. The van der Waals surface area contributed by atoms with Gasteiger partial charge in [0.1, 0.15) is 11.3 Å². The molecule has 1 atom stereocenters. The summed E-state index contributed by atoms with van der Waals surface area (Å²) in [6.45, 7) is 7.89. The maximum atomic E-state index is 12.9. The third kappa shape index (κ3) is 7.51. The fourth-order valence-electron chi connectivity index (χ4n) is 2.17. The third-order valence-corrected chi connectivity index (χ3v) is 3.14. The van der Waals surface area contributed by atoms with Crippen molar-refractivity contribution in [2.75, 3.05) is 6.67 Å². The van der Waals surface area contributed by atoms with Crippen LogP contribution < -0.4 is 5.32 Å². The highest BCUT2D eigenvalue weighted by Gasteiger charge is 2.29. The molecular formula is C18H26FNO5. The number of halogens is 1. The summed E-state index contributed by atoms with van der Waals surface area (Å²) < 4.78 is 24.0. The molecule has 7 heteroatoms. The highest BCUT2D eigenvalue weighted by atomic mass is 19.1. The molecule has 0 saturated carbocycles. The van der Waals surface area contributed by atoms with E-state index in [0.717, 1.165) is 0 Å². The largest absolute Gasteiger partial charge is 0.478 e. The van der Waals surface area contributed by atoms with Crippen molar-refractivity contribution < 1.29 is 28.6 Å². The number of hydrogen-bond donors (Lipinski definition) is 2. The Kier molecular flexibility index (Phi) is 6.93. The molecule has 1 rings (SSSR count). The molecule has 1 unspecified atom stereocenters. The first kappa shape index (κ1) is 20.9. The highest BCUT2D eigenvalue weighted by Crippen LogP contribution is 2.27. The van der Waals surface area contributed by atoms with Crippen molar-refractivity contribution in [3.63, 3.8) is 0 Å². The molecule has 0 aromatic heterocycles. The van der Waals surface area contributed by atoms with Crippen molar-refractivity contribution in [2.24, 2.45) is 0 Å². The molecule has 0 saturated heterocycles. The molecule has 0 aliphatic heterocycles. The topological polar surface area (TPSA) is 84.9 Å². The zero-order chi connectivity index (χ0) is 19.3. The average molecular weight is 355 g/mol. The quantitative estimate of drug-likeness (QED) is 0.721. The van der Waals surface area contributed by atoms with E-state index in [9.17, 15) is 14.0 Å². The number of alkyl halides is 1. The van der Waals surface area contributed by atoms with Crippen LogP contribution >= 0.6 is 0 Å². The van der Waals surface area contributed by atoms with Crippen LogP contribution in [0.25, 0.3) is 0 Å². The Balaban J connectivity index is 2.84. The number of alkyl carbamates (subject to hydrolysis) is 1. The number of carbonyl (C=O) groups excluding carboxylic acids is 1. The molecule has 1 aromatic rings. The fraction of sp³-hybridized carbons (Fsp3) is 0.556. The summed E-state index contributed by atoms with van der Waals surface area (Å²) in [6, 6.07) is 6.02. The predicted octanol–water partition coefficient (Wildman–Crippen LogP) is 4.06. The molecule has 2 N–H and O–H groups in total. The van der Waals surface area contributed by atoms with Crippen molar-refractivity contribution >= 4 is 12.1 Å². The fourth-order valence-corrected chi connectivity index (χ4v) is 2.17. The van der Waals surface area contributed by atoms with Crippen LogP contribution in [-0.4, -0.2) is 35.2 Å². The highest BCUT2D eigenvalue weighted by molar-refractivity contribution is 5.87. The average Bonchev–Trinajstić information content (AvgIpc) is 2.43. The van der Waals surface area contributed by atoms with Gasteiger partial charge < -0.3 is 14.6 Å². The first-order chi connectivity index (χ1) is 11.4. The van der Waals surface area contributed by atoms with Gasteiger partial charge >= 0.3 is 12.1 Å². The number of nitrogens with one attached hydrogen (secondary N) is 1. The van der Waals surface area contributed by atoms with Gasteiger partial charge in [0.05, 0.1) is 18.3 Å². The Bertz CT molecular complexity index is 592. The molecule has 0 aliphatic rings. The van der Waals surface area contributed by atoms with E-state index in [-0.39, 0.29) is 12.0 Å². The predicted molar refractivity (Wildman–Crippen MR) is 91.3 cm³/mol. The van der Waals surface area contributed by atoms with Crippen LogP contribution in [0.1, 0.15) is 63.1 Å². The molecule has 25 heavy (non-hydrogen) atoms. The van der Waals surface area contributed by atoms with Crippen LogP contribution in [0.15, 0.2) is 24.3 Å². The maximum absolute atomic E-state index is 12.9. The van der Waals surface area contributed by atoms with E-state index in [2.05, 4.69) is 5.32 Å². The lowest BCUT2D eigenvalue weighted by molar-refractivity contribution is -0.0979. The summed E-state index contributed by atoms with van der Waals surface area (Å²) >= 11 is 0. The summed E-state index contributed by atoms with van der Waals surface area (Å²) in [5.74, 6) is -1.04. The molecule has 0 aliphatic carbocycles. The van der Waals surface area contributed by atoms with Gasteiger partial charge in [0.15, 0.2) is 0 Å². The molecular weight excluding hydrogens is 329 g/mol. The van der Waals surface area contributed by atoms with Gasteiger partial charge in [-0.1, -0.05) is 12.1 Å². The summed E-state index contributed by atoms with van der Waals surface area (Å²) in [6.07, 6.45) is -1.21. The smallest absolute Gasteiger partial charge is 0.409 e. The second-order valence-corrected chi connectivity index (χ2v) is 7.15. The lowest BCUT2D eigenvalue weighted by Gasteiger charge is -2.32. The number of aromatic carboxylic acids is 1. The van der Waals surface area contributed by atoms with Gasteiger partial charge in [-0.2, -0.15) is 0 Å². The normalized spacial score (nSPS) is 13.2. The molecule has 0 fully saturated rings. The monoisotopic (exact) mass is 355 g/mol. The van der Waals surface area contributed by atoms with E-state index < -0.39 is 36.2 Å². The van der Waals surface area contributed by atoms with E-state index in [1.54, 1.807) is 46.8 Å². The molecule has 0 radical (unpaired) electrons. The number of rotatable bonds is 7. The minimum absolute atomic E-state index is 0.0752. The number of carboxylic acids is 1. The Morgan fingerprint density at radius 2 is 1.72 bits per heavy atom. The van der Waals surface area contributed by atoms with E-state index in [1.807, 2.05) is 0 Å². The van der Waals surface area contributed by atoms with Gasteiger partial charge in [0, 0.05) is 6.42 Å². The standard InChI is InChI=1S/C18H26FNO5/c1-17(2,3)25-16(23)20-18(4,5)24-14(10-11-19)12-6-8-13(9-7-12)15(21)22/h6-9,14H,10-11H2,1-5H3,(H,20,23)(H,21,22). The lowest BCUT2D eigenvalue weighted by Crippen LogP contribution is -2.48. The molecule has 1 amide bonds. The first-order valence-electron chi connectivity index (χ1n) is 8.02. The minimum atomic E-state index is -1.10. The Labute approximate surface area is 147 Å². The number of hydrogen-bond acceptors (Lipinski definition) is 4. The van der Waals surface area contributed by atoms with E-state index in [1.165, 1.54) is 12.1 Å². The zero-order valence-electron chi connectivity index (χ0n) is 15.3. The zero-order valence-corrected chi connectivity index (χ0v) is 15.3. The Hall–Kier alpha value is -2.15. The van der Waals surface area contributed by atoms with Crippen molar-refractivity contribution in [1.82, 2.24) is 5.32 Å². The van der Waals surface area contributed by atoms with Gasteiger partial charge in [-0.25, -0.2) is 9.59 Å². The summed E-state index contributed by atoms with van der Waals surface area (Å²) in [5, 5.41) is 11.5.